The van der Waals surface area contributed by atoms with Crippen LogP contribution in [0.4, 0.5) is 0 Å². The first-order valence-electron chi connectivity index (χ1n) is 5.87. The Labute approximate surface area is 124 Å². The van der Waals surface area contributed by atoms with Gasteiger partial charge in [-0.05, 0) is 13.8 Å². The lowest BCUT2D eigenvalue weighted by Crippen LogP contribution is -2.75. The molecule has 0 saturated heterocycles. The van der Waals surface area contributed by atoms with Crippen molar-refractivity contribution in [1.29, 1.82) is 0 Å². The molecule has 124 valence electrons. The van der Waals surface area contributed by atoms with Gasteiger partial charge in [0.2, 0.25) is 11.4 Å². The molecule has 22 heavy (non-hydrogen) atoms. The molecule has 0 aliphatic heterocycles. The zero-order valence-electron chi connectivity index (χ0n) is 11.9. The summed E-state index contributed by atoms with van der Waals surface area (Å²) in [6, 6.07) is 0. The minimum absolute atomic E-state index is 0.527. The molecule has 0 spiro atoms. The Kier molecular flexibility index (Phi) is 5.81. The summed E-state index contributed by atoms with van der Waals surface area (Å²) in [7, 11) is 0. The molecule has 0 saturated carbocycles. The zero-order chi connectivity index (χ0) is 18.0. The fraction of sp³-hybridized carbons (Fsp3) is 0.583. The number of carboxylic acid groups (broad SMARTS) is 1. The third-order valence-electron chi connectivity index (χ3n) is 3.23. The Hall–Kier alpha value is -2.01. The molecule has 0 aromatic rings. The van der Waals surface area contributed by atoms with Gasteiger partial charge in [-0.15, -0.1) is 0 Å². The maximum atomic E-state index is 11.8. The van der Waals surface area contributed by atoms with E-state index in [9.17, 15) is 44.4 Å². The molecule has 0 rings (SSSR count). The Morgan fingerprint density at radius 1 is 0.864 bits per heavy atom. The molecule has 0 aliphatic rings. The largest absolute Gasteiger partial charge is 0.479 e. The number of aliphatic hydroxyl groups excluding tert-OH is 2. The van der Waals surface area contributed by atoms with Gasteiger partial charge in [-0.2, -0.15) is 0 Å². The molecule has 0 unspecified atom stereocenters. The summed E-state index contributed by atoms with van der Waals surface area (Å²) in [6.07, 6.45) is -5.78. The number of aliphatic hydroxyl groups is 4. The summed E-state index contributed by atoms with van der Waals surface area (Å²) in [5.74, 6) is -8.67. The van der Waals surface area contributed by atoms with Gasteiger partial charge in [0, 0.05) is 6.92 Å². The van der Waals surface area contributed by atoms with Crippen molar-refractivity contribution in [3.63, 3.8) is 0 Å². The van der Waals surface area contributed by atoms with Crippen LogP contribution >= 0.6 is 0 Å². The minimum Gasteiger partial charge on any atom is -0.479 e. The highest BCUT2D eigenvalue weighted by molar-refractivity contribution is 6.45. The van der Waals surface area contributed by atoms with Crippen LogP contribution in [-0.4, -0.2) is 78.0 Å². The number of hydrogen-bond acceptors (Lipinski definition) is 9. The first kappa shape index (κ1) is 20.0. The Morgan fingerprint density at radius 3 is 1.50 bits per heavy atom. The monoisotopic (exact) mass is 320 g/mol. The number of carbonyl (C=O) groups excluding carboxylic acids is 4. The van der Waals surface area contributed by atoms with E-state index in [1.165, 1.54) is 0 Å². The number of carbonyl (C=O) groups is 5. The lowest BCUT2D eigenvalue weighted by atomic mass is 9.69. The number of aliphatic carboxylic acids is 1. The average Bonchev–Trinajstić information content (AvgIpc) is 2.41. The molecule has 4 atom stereocenters. The number of rotatable bonds is 8. The van der Waals surface area contributed by atoms with Gasteiger partial charge in [0.05, 0.1) is 0 Å². The highest BCUT2D eigenvalue weighted by atomic mass is 16.4. The second-order valence-corrected chi connectivity index (χ2v) is 4.70. The molecule has 0 fully saturated rings. The van der Waals surface area contributed by atoms with Crippen LogP contribution in [-0.2, 0) is 24.0 Å². The molecule has 0 aliphatic carbocycles. The van der Waals surface area contributed by atoms with Gasteiger partial charge in [-0.25, -0.2) is 4.79 Å². The average molecular weight is 320 g/mol. The van der Waals surface area contributed by atoms with Crippen LogP contribution in [0.2, 0.25) is 0 Å². The van der Waals surface area contributed by atoms with E-state index in [1.807, 2.05) is 0 Å². The molecule has 5 N–H and O–H groups in total. The summed E-state index contributed by atoms with van der Waals surface area (Å²) in [5, 5.41) is 48.0. The molecular weight excluding hydrogens is 304 g/mol. The number of Topliss-reactive ketones (excluding diaryl/α,β-unsaturated/α-hetero) is 4. The molecule has 0 aromatic carbocycles. The predicted molar refractivity (Wildman–Crippen MR) is 66.6 cm³/mol. The normalized spacial score (nSPS) is 19.2. The second kappa shape index (κ2) is 6.40. The van der Waals surface area contributed by atoms with Crippen molar-refractivity contribution in [2.24, 2.45) is 0 Å². The standard InChI is InChI=1S/C12H16O10/c1-4(13)8(17)11(21,5(2)14)12(22,6(3)15)9(18)7(16)10(19)20/h7,9,16,18,21-22H,1-3H3,(H,19,20)/t7-,9+,11-,12-/m0/s1. The maximum absolute atomic E-state index is 11.8. The summed E-state index contributed by atoms with van der Waals surface area (Å²) in [6.45, 7) is 1.69. The van der Waals surface area contributed by atoms with Crippen molar-refractivity contribution >= 4 is 29.1 Å². The smallest absolute Gasteiger partial charge is 0.335 e. The van der Waals surface area contributed by atoms with Crippen LogP contribution in [0.25, 0.3) is 0 Å². The van der Waals surface area contributed by atoms with Crippen LogP contribution in [0.3, 0.4) is 0 Å². The topological polar surface area (TPSA) is 186 Å². The van der Waals surface area contributed by atoms with Crippen LogP contribution in [0.1, 0.15) is 20.8 Å². The summed E-state index contributed by atoms with van der Waals surface area (Å²) in [4.78, 5) is 56.8. The Balaban J connectivity index is 6.48. The molecule has 10 nitrogen and oxygen atoms in total. The van der Waals surface area contributed by atoms with Gasteiger partial charge in [-0.1, -0.05) is 0 Å². The van der Waals surface area contributed by atoms with Gasteiger partial charge in [0.1, 0.15) is 6.10 Å². The molecule has 0 aromatic heterocycles. The van der Waals surface area contributed by atoms with E-state index in [-0.39, 0.29) is 0 Å². The number of carboxylic acids is 1. The van der Waals surface area contributed by atoms with E-state index in [1.54, 1.807) is 0 Å². The highest BCUT2D eigenvalue weighted by Gasteiger charge is 2.67. The van der Waals surface area contributed by atoms with E-state index < -0.39 is 52.5 Å². The fourth-order valence-corrected chi connectivity index (χ4v) is 1.90. The molecule has 0 radical (unpaired) electrons. The molecule has 10 heteroatoms. The zero-order valence-corrected chi connectivity index (χ0v) is 11.9. The quantitative estimate of drug-likeness (QED) is 0.223. The maximum Gasteiger partial charge on any atom is 0.335 e. The highest BCUT2D eigenvalue weighted by Crippen LogP contribution is 2.32. The third-order valence-corrected chi connectivity index (χ3v) is 3.23. The predicted octanol–water partition coefficient (Wildman–Crippen LogP) is -3.41. The van der Waals surface area contributed by atoms with Crippen LogP contribution in [0.5, 0.6) is 0 Å². The van der Waals surface area contributed by atoms with Gasteiger partial charge in [0.25, 0.3) is 0 Å². The van der Waals surface area contributed by atoms with Crippen LogP contribution in [0.15, 0.2) is 0 Å². The molecule has 0 heterocycles. The van der Waals surface area contributed by atoms with E-state index in [0.717, 1.165) is 0 Å². The Bertz CT molecular complexity index is 538. The van der Waals surface area contributed by atoms with Crippen molar-refractivity contribution in [2.45, 2.75) is 44.2 Å². The fourth-order valence-electron chi connectivity index (χ4n) is 1.90. The lowest BCUT2D eigenvalue weighted by molar-refractivity contribution is -0.217. The van der Waals surface area contributed by atoms with Crippen LogP contribution in [0, 0.1) is 0 Å². The van der Waals surface area contributed by atoms with Gasteiger partial charge >= 0.3 is 5.97 Å². The number of ketones is 4. The van der Waals surface area contributed by atoms with Gasteiger partial charge < -0.3 is 25.5 Å². The van der Waals surface area contributed by atoms with Crippen molar-refractivity contribution in [3.8, 4) is 0 Å². The Morgan fingerprint density at radius 2 is 1.27 bits per heavy atom. The van der Waals surface area contributed by atoms with Crippen molar-refractivity contribution in [2.75, 3.05) is 0 Å². The summed E-state index contributed by atoms with van der Waals surface area (Å²) >= 11 is 0. The van der Waals surface area contributed by atoms with Gasteiger partial charge in [-0.3, -0.25) is 19.2 Å². The molecule has 0 bridgehead atoms. The summed E-state index contributed by atoms with van der Waals surface area (Å²) < 4.78 is 0. The lowest BCUT2D eigenvalue weighted by Gasteiger charge is -2.41. The summed E-state index contributed by atoms with van der Waals surface area (Å²) in [5.41, 5.74) is -7.49. The van der Waals surface area contributed by atoms with E-state index in [0.29, 0.717) is 20.8 Å². The number of hydrogen-bond donors (Lipinski definition) is 5. The van der Waals surface area contributed by atoms with Crippen molar-refractivity contribution in [3.05, 3.63) is 0 Å². The van der Waals surface area contributed by atoms with Crippen molar-refractivity contribution in [1.82, 2.24) is 0 Å². The first-order valence-corrected chi connectivity index (χ1v) is 5.87. The first-order chi connectivity index (χ1) is 9.76. The third kappa shape index (κ3) is 2.81. The van der Waals surface area contributed by atoms with E-state index in [4.69, 9.17) is 5.11 Å². The second-order valence-electron chi connectivity index (χ2n) is 4.70. The SMILES string of the molecule is CC(=O)C(=O)[C@@](O)(C(C)=O)[C@](O)(C(C)=O)[C@H](O)[C@H](O)C(=O)O. The van der Waals surface area contributed by atoms with Gasteiger partial charge in [0.15, 0.2) is 29.1 Å². The minimum atomic E-state index is -3.75. The molecular formula is C12H16O10. The van der Waals surface area contributed by atoms with E-state index in [2.05, 4.69) is 0 Å². The van der Waals surface area contributed by atoms with E-state index >= 15 is 0 Å². The van der Waals surface area contributed by atoms with Crippen molar-refractivity contribution < 1.29 is 49.5 Å². The van der Waals surface area contributed by atoms with Crippen LogP contribution < -0.4 is 0 Å². The molecule has 0 amide bonds.